The summed E-state index contributed by atoms with van der Waals surface area (Å²) in [6.45, 7) is 3.96. The van der Waals surface area contributed by atoms with E-state index in [1.165, 1.54) is 4.88 Å². The SMILES string of the molecule is CCC(=O)Nc1ccc(Cl)c(NC(CC)c2cccs2)c1. The van der Waals surface area contributed by atoms with Crippen molar-refractivity contribution in [1.82, 2.24) is 0 Å². The topological polar surface area (TPSA) is 41.1 Å². The molecule has 112 valence electrons. The highest BCUT2D eigenvalue weighted by Gasteiger charge is 2.12. The predicted molar refractivity (Wildman–Crippen MR) is 91.3 cm³/mol. The van der Waals surface area contributed by atoms with Gasteiger partial charge in [-0.3, -0.25) is 4.79 Å². The molecule has 0 radical (unpaired) electrons. The highest BCUT2D eigenvalue weighted by Crippen LogP contribution is 2.31. The zero-order valence-corrected chi connectivity index (χ0v) is 13.7. The number of amides is 1. The molecule has 2 N–H and O–H groups in total. The van der Waals surface area contributed by atoms with E-state index in [0.717, 1.165) is 17.8 Å². The first kappa shape index (κ1) is 15.9. The summed E-state index contributed by atoms with van der Waals surface area (Å²) in [5.74, 6) is -0.00595. The highest BCUT2D eigenvalue weighted by molar-refractivity contribution is 7.10. The van der Waals surface area contributed by atoms with Crippen LogP contribution in [0.3, 0.4) is 0 Å². The molecule has 0 aliphatic rings. The summed E-state index contributed by atoms with van der Waals surface area (Å²) in [5.41, 5.74) is 1.60. The van der Waals surface area contributed by atoms with E-state index in [4.69, 9.17) is 11.6 Å². The second-order valence-corrected chi connectivity index (χ2v) is 6.10. The van der Waals surface area contributed by atoms with Gasteiger partial charge in [-0.2, -0.15) is 0 Å². The molecule has 1 atom stereocenters. The maximum atomic E-state index is 11.5. The van der Waals surface area contributed by atoms with E-state index in [1.807, 2.05) is 25.1 Å². The molecule has 21 heavy (non-hydrogen) atoms. The molecule has 0 aliphatic carbocycles. The number of benzene rings is 1. The summed E-state index contributed by atoms with van der Waals surface area (Å²) < 4.78 is 0. The first-order valence-electron chi connectivity index (χ1n) is 7.03. The van der Waals surface area contributed by atoms with Crippen molar-refractivity contribution >= 4 is 40.2 Å². The second kappa shape index (κ2) is 7.48. The maximum Gasteiger partial charge on any atom is 0.224 e. The molecule has 0 aliphatic heterocycles. The number of thiophene rings is 1. The lowest BCUT2D eigenvalue weighted by Gasteiger charge is -2.18. The van der Waals surface area contributed by atoms with Gasteiger partial charge in [0.25, 0.3) is 0 Å². The van der Waals surface area contributed by atoms with Gasteiger partial charge < -0.3 is 10.6 Å². The van der Waals surface area contributed by atoms with Crippen LogP contribution in [0.1, 0.15) is 37.6 Å². The minimum atomic E-state index is -0.00595. The van der Waals surface area contributed by atoms with E-state index >= 15 is 0 Å². The fourth-order valence-electron chi connectivity index (χ4n) is 2.01. The third-order valence-electron chi connectivity index (χ3n) is 3.20. The zero-order valence-electron chi connectivity index (χ0n) is 12.2. The summed E-state index contributed by atoms with van der Waals surface area (Å²) in [4.78, 5) is 12.8. The van der Waals surface area contributed by atoms with Gasteiger partial charge in [0.2, 0.25) is 5.91 Å². The van der Waals surface area contributed by atoms with Gasteiger partial charge in [0, 0.05) is 17.0 Å². The smallest absolute Gasteiger partial charge is 0.224 e. The van der Waals surface area contributed by atoms with Crippen molar-refractivity contribution in [2.45, 2.75) is 32.7 Å². The molecule has 1 amide bonds. The van der Waals surface area contributed by atoms with Gasteiger partial charge in [-0.25, -0.2) is 0 Å². The van der Waals surface area contributed by atoms with Crippen molar-refractivity contribution in [3.8, 4) is 0 Å². The molecular formula is C16H19ClN2OS. The number of carbonyl (C=O) groups is 1. The lowest BCUT2D eigenvalue weighted by Crippen LogP contribution is -2.11. The molecule has 1 unspecified atom stereocenters. The van der Waals surface area contributed by atoms with E-state index in [2.05, 4.69) is 29.0 Å². The minimum absolute atomic E-state index is 0.00595. The van der Waals surface area contributed by atoms with Crippen LogP contribution < -0.4 is 10.6 Å². The number of nitrogens with one attached hydrogen (secondary N) is 2. The lowest BCUT2D eigenvalue weighted by molar-refractivity contribution is -0.115. The summed E-state index contributed by atoms with van der Waals surface area (Å²) in [6.07, 6.45) is 1.42. The number of halogens is 1. The zero-order chi connectivity index (χ0) is 15.2. The summed E-state index contributed by atoms with van der Waals surface area (Å²) in [6, 6.07) is 9.88. The number of rotatable bonds is 6. The van der Waals surface area contributed by atoms with Crippen molar-refractivity contribution in [1.29, 1.82) is 0 Å². The minimum Gasteiger partial charge on any atom is -0.376 e. The Labute approximate surface area is 134 Å². The largest absolute Gasteiger partial charge is 0.376 e. The monoisotopic (exact) mass is 322 g/mol. The Morgan fingerprint density at radius 3 is 2.76 bits per heavy atom. The average molecular weight is 323 g/mol. The quantitative estimate of drug-likeness (QED) is 0.756. The first-order chi connectivity index (χ1) is 10.1. The molecule has 2 rings (SSSR count). The van der Waals surface area contributed by atoms with E-state index in [-0.39, 0.29) is 11.9 Å². The second-order valence-electron chi connectivity index (χ2n) is 4.72. The van der Waals surface area contributed by atoms with Crippen LogP contribution in [0.4, 0.5) is 11.4 Å². The van der Waals surface area contributed by atoms with Crippen molar-refractivity contribution in [3.63, 3.8) is 0 Å². The Kier molecular flexibility index (Phi) is 5.65. The number of hydrogen-bond acceptors (Lipinski definition) is 3. The van der Waals surface area contributed by atoms with Gasteiger partial charge in [-0.15, -0.1) is 11.3 Å². The molecule has 5 heteroatoms. The van der Waals surface area contributed by atoms with Crippen LogP contribution in [0.5, 0.6) is 0 Å². The Morgan fingerprint density at radius 2 is 2.14 bits per heavy atom. The van der Waals surface area contributed by atoms with Gasteiger partial charge in [0.1, 0.15) is 0 Å². The van der Waals surface area contributed by atoms with Crippen molar-refractivity contribution in [2.75, 3.05) is 10.6 Å². The van der Waals surface area contributed by atoms with Gasteiger partial charge in [0.05, 0.1) is 16.8 Å². The highest BCUT2D eigenvalue weighted by atomic mass is 35.5. The van der Waals surface area contributed by atoms with Crippen LogP contribution in [0.15, 0.2) is 35.7 Å². The molecule has 0 saturated carbocycles. The third-order valence-corrected chi connectivity index (χ3v) is 4.51. The van der Waals surface area contributed by atoms with E-state index in [1.54, 1.807) is 17.4 Å². The van der Waals surface area contributed by atoms with Gasteiger partial charge in [-0.1, -0.05) is 31.5 Å². The molecule has 0 fully saturated rings. The summed E-state index contributed by atoms with van der Waals surface area (Å²) in [7, 11) is 0. The molecule has 1 aromatic heterocycles. The van der Waals surface area contributed by atoms with E-state index < -0.39 is 0 Å². The van der Waals surface area contributed by atoms with Gasteiger partial charge in [0.15, 0.2) is 0 Å². The predicted octanol–water partition coefficient (Wildman–Crippen LogP) is 5.31. The van der Waals surface area contributed by atoms with Crippen LogP contribution in [-0.4, -0.2) is 5.91 Å². The molecule has 2 aromatic rings. The molecular weight excluding hydrogens is 304 g/mol. The third kappa shape index (κ3) is 4.22. The van der Waals surface area contributed by atoms with Crippen LogP contribution in [0.2, 0.25) is 5.02 Å². The van der Waals surface area contributed by atoms with Crippen molar-refractivity contribution in [2.24, 2.45) is 0 Å². The molecule has 3 nitrogen and oxygen atoms in total. The number of hydrogen-bond donors (Lipinski definition) is 2. The number of anilines is 2. The van der Waals surface area contributed by atoms with E-state index in [9.17, 15) is 4.79 Å². The van der Waals surface area contributed by atoms with Crippen LogP contribution in [0, 0.1) is 0 Å². The van der Waals surface area contributed by atoms with Gasteiger partial charge in [-0.05, 0) is 36.1 Å². The van der Waals surface area contributed by atoms with Crippen LogP contribution in [-0.2, 0) is 4.79 Å². The summed E-state index contributed by atoms with van der Waals surface area (Å²) >= 11 is 7.98. The fourth-order valence-corrected chi connectivity index (χ4v) is 3.05. The molecule has 1 aromatic carbocycles. The standard InChI is InChI=1S/C16H19ClN2OS/c1-3-13(15-6-5-9-21-15)19-14-10-11(7-8-12(14)17)18-16(20)4-2/h5-10,13,19H,3-4H2,1-2H3,(H,18,20). The van der Waals surface area contributed by atoms with Gasteiger partial charge >= 0.3 is 0 Å². The van der Waals surface area contributed by atoms with E-state index in [0.29, 0.717) is 11.4 Å². The molecule has 0 spiro atoms. The molecule has 1 heterocycles. The maximum absolute atomic E-state index is 11.5. The molecule has 0 bridgehead atoms. The first-order valence-corrected chi connectivity index (χ1v) is 8.29. The number of carbonyl (C=O) groups excluding carboxylic acids is 1. The van der Waals surface area contributed by atoms with Crippen LogP contribution in [0.25, 0.3) is 0 Å². The normalized spacial score (nSPS) is 12.0. The fraction of sp³-hybridized carbons (Fsp3) is 0.312. The van der Waals surface area contributed by atoms with Crippen LogP contribution >= 0.6 is 22.9 Å². The Bertz CT molecular complexity index is 598. The Morgan fingerprint density at radius 1 is 1.33 bits per heavy atom. The average Bonchev–Trinajstić information content (AvgIpc) is 3.01. The lowest BCUT2D eigenvalue weighted by atomic mass is 10.1. The van der Waals surface area contributed by atoms with Crippen molar-refractivity contribution < 1.29 is 4.79 Å². The Balaban J connectivity index is 2.18. The summed E-state index contributed by atoms with van der Waals surface area (Å²) in [5, 5.41) is 9.03. The Hall–Kier alpha value is -1.52. The van der Waals surface area contributed by atoms with Crippen molar-refractivity contribution in [3.05, 3.63) is 45.6 Å². The molecule has 0 saturated heterocycles.